The van der Waals surface area contributed by atoms with Crippen LogP contribution in [0.4, 0.5) is 0 Å². The van der Waals surface area contributed by atoms with Crippen molar-refractivity contribution in [3.8, 4) is 5.75 Å². The molecule has 3 rings (SSSR count). The second-order valence-corrected chi connectivity index (χ2v) is 6.12. The quantitative estimate of drug-likeness (QED) is 0.935. The van der Waals surface area contributed by atoms with Crippen LogP contribution in [0, 0.1) is 6.92 Å². The summed E-state index contributed by atoms with van der Waals surface area (Å²) >= 11 is 6.27. The number of hydrogen-bond donors (Lipinski definition) is 1. The fourth-order valence-corrected chi connectivity index (χ4v) is 3.45. The molecule has 1 heterocycles. The van der Waals surface area contributed by atoms with Gasteiger partial charge in [-0.25, -0.2) is 0 Å². The average molecular weight is 317 g/mol. The number of benzene rings is 2. The average Bonchev–Trinajstić information content (AvgIpc) is 2.89. The van der Waals surface area contributed by atoms with Crippen LogP contribution in [0.1, 0.15) is 28.3 Å². The summed E-state index contributed by atoms with van der Waals surface area (Å²) in [6.07, 6.45) is 0. The van der Waals surface area contributed by atoms with Crippen LogP contribution >= 0.6 is 11.6 Å². The van der Waals surface area contributed by atoms with Gasteiger partial charge in [0.25, 0.3) is 0 Å². The standard InChI is InChI=1S/C18H21ClN2O/c1-12-15-11-21(10-13-5-3-4-6-18(13)22-2)17(9-20)14(15)7-8-16(12)19/h3-8,17H,9-11,20H2,1-2H3. The Morgan fingerprint density at radius 3 is 2.77 bits per heavy atom. The van der Waals surface area contributed by atoms with E-state index in [1.807, 2.05) is 24.3 Å². The molecule has 0 saturated carbocycles. The summed E-state index contributed by atoms with van der Waals surface area (Å²) < 4.78 is 5.47. The van der Waals surface area contributed by atoms with Gasteiger partial charge in [-0.2, -0.15) is 0 Å². The Labute approximate surface area is 136 Å². The molecule has 0 bridgehead atoms. The van der Waals surface area contributed by atoms with Gasteiger partial charge in [-0.3, -0.25) is 4.90 Å². The number of nitrogens with two attached hydrogens (primary N) is 1. The lowest BCUT2D eigenvalue weighted by atomic mass is 10.0. The van der Waals surface area contributed by atoms with Crippen molar-refractivity contribution in [1.29, 1.82) is 0 Å². The Kier molecular flexibility index (Phi) is 4.39. The molecule has 2 N–H and O–H groups in total. The number of halogens is 1. The van der Waals surface area contributed by atoms with Gasteiger partial charge in [0.05, 0.1) is 7.11 Å². The SMILES string of the molecule is COc1ccccc1CN1Cc2c(ccc(Cl)c2C)C1CN. The maximum atomic E-state index is 6.27. The van der Waals surface area contributed by atoms with Crippen LogP contribution in [0.2, 0.25) is 5.02 Å². The van der Waals surface area contributed by atoms with E-state index in [-0.39, 0.29) is 6.04 Å². The van der Waals surface area contributed by atoms with E-state index < -0.39 is 0 Å². The van der Waals surface area contributed by atoms with E-state index in [1.54, 1.807) is 7.11 Å². The van der Waals surface area contributed by atoms with Crippen molar-refractivity contribution in [1.82, 2.24) is 4.90 Å². The summed E-state index contributed by atoms with van der Waals surface area (Å²) in [7, 11) is 1.71. The molecular weight excluding hydrogens is 296 g/mol. The molecule has 0 saturated heterocycles. The van der Waals surface area contributed by atoms with Crippen LogP contribution in [0.15, 0.2) is 36.4 Å². The van der Waals surface area contributed by atoms with Crippen molar-refractivity contribution in [3.63, 3.8) is 0 Å². The molecule has 22 heavy (non-hydrogen) atoms. The van der Waals surface area contributed by atoms with Crippen molar-refractivity contribution >= 4 is 11.6 Å². The van der Waals surface area contributed by atoms with Gasteiger partial charge in [-0.1, -0.05) is 35.9 Å². The monoisotopic (exact) mass is 316 g/mol. The topological polar surface area (TPSA) is 38.5 Å². The van der Waals surface area contributed by atoms with Crippen LogP contribution in [0.3, 0.4) is 0 Å². The molecule has 1 aliphatic heterocycles. The third kappa shape index (κ3) is 2.60. The fraction of sp³-hybridized carbons (Fsp3) is 0.333. The van der Waals surface area contributed by atoms with Crippen molar-refractivity contribution in [2.24, 2.45) is 5.73 Å². The van der Waals surface area contributed by atoms with Crippen molar-refractivity contribution in [2.45, 2.75) is 26.1 Å². The normalized spacial score (nSPS) is 17.5. The van der Waals surface area contributed by atoms with Crippen molar-refractivity contribution in [2.75, 3.05) is 13.7 Å². The Morgan fingerprint density at radius 2 is 2.05 bits per heavy atom. The highest BCUT2D eigenvalue weighted by atomic mass is 35.5. The number of hydrogen-bond acceptors (Lipinski definition) is 3. The van der Waals surface area contributed by atoms with E-state index in [0.29, 0.717) is 6.54 Å². The Morgan fingerprint density at radius 1 is 1.27 bits per heavy atom. The van der Waals surface area contributed by atoms with E-state index in [0.717, 1.165) is 23.9 Å². The minimum absolute atomic E-state index is 0.232. The minimum Gasteiger partial charge on any atom is -0.496 e. The first kappa shape index (κ1) is 15.3. The van der Waals surface area contributed by atoms with Gasteiger partial charge in [0, 0.05) is 36.3 Å². The van der Waals surface area contributed by atoms with Crippen LogP contribution in [-0.2, 0) is 13.1 Å². The van der Waals surface area contributed by atoms with Gasteiger partial charge in [-0.05, 0) is 35.7 Å². The third-order valence-corrected chi connectivity index (χ3v) is 4.93. The zero-order chi connectivity index (χ0) is 15.7. The Bertz CT molecular complexity index is 687. The molecule has 0 radical (unpaired) electrons. The minimum atomic E-state index is 0.232. The van der Waals surface area contributed by atoms with Gasteiger partial charge in [0.2, 0.25) is 0 Å². The molecule has 1 unspecified atom stereocenters. The third-order valence-electron chi connectivity index (χ3n) is 4.52. The molecular formula is C18H21ClN2O. The number of methoxy groups -OCH3 is 1. The molecule has 0 amide bonds. The highest BCUT2D eigenvalue weighted by Gasteiger charge is 2.31. The van der Waals surface area contributed by atoms with Crippen molar-refractivity contribution in [3.05, 3.63) is 63.7 Å². The Hall–Kier alpha value is -1.55. The maximum Gasteiger partial charge on any atom is 0.123 e. The summed E-state index contributed by atoms with van der Waals surface area (Å²) in [6.45, 7) is 4.38. The van der Waals surface area contributed by atoms with Gasteiger partial charge in [-0.15, -0.1) is 0 Å². The number of fused-ring (bicyclic) bond motifs is 1. The first-order valence-electron chi connectivity index (χ1n) is 7.49. The molecule has 3 nitrogen and oxygen atoms in total. The fourth-order valence-electron chi connectivity index (χ4n) is 3.28. The first-order chi connectivity index (χ1) is 10.7. The van der Waals surface area contributed by atoms with E-state index in [4.69, 9.17) is 22.1 Å². The first-order valence-corrected chi connectivity index (χ1v) is 7.87. The second-order valence-electron chi connectivity index (χ2n) is 5.71. The highest BCUT2D eigenvalue weighted by molar-refractivity contribution is 6.31. The smallest absolute Gasteiger partial charge is 0.123 e. The van der Waals surface area contributed by atoms with Crippen LogP contribution in [-0.4, -0.2) is 18.6 Å². The molecule has 2 aromatic carbocycles. The Balaban J connectivity index is 1.92. The molecule has 4 heteroatoms. The second kappa shape index (κ2) is 6.29. The predicted octanol–water partition coefficient (Wildman–Crippen LogP) is 3.67. The maximum absolute atomic E-state index is 6.27. The summed E-state index contributed by atoms with van der Waals surface area (Å²) in [5.74, 6) is 0.920. The summed E-state index contributed by atoms with van der Waals surface area (Å²) in [4.78, 5) is 2.39. The predicted molar refractivity (Wildman–Crippen MR) is 90.2 cm³/mol. The lowest BCUT2D eigenvalue weighted by Gasteiger charge is -2.24. The van der Waals surface area contributed by atoms with Gasteiger partial charge in [0.1, 0.15) is 5.75 Å². The summed E-state index contributed by atoms with van der Waals surface area (Å²) in [5.41, 5.74) is 11.0. The molecule has 2 aromatic rings. The number of nitrogens with zero attached hydrogens (tertiary/aromatic N) is 1. The molecule has 116 valence electrons. The van der Waals surface area contributed by atoms with Gasteiger partial charge < -0.3 is 10.5 Å². The lowest BCUT2D eigenvalue weighted by Crippen LogP contribution is -2.27. The van der Waals surface area contributed by atoms with E-state index in [9.17, 15) is 0 Å². The van der Waals surface area contributed by atoms with E-state index in [1.165, 1.54) is 22.3 Å². The van der Waals surface area contributed by atoms with E-state index >= 15 is 0 Å². The number of ether oxygens (including phenoxy) is 1. The van der Waals surface area contributed by atoms with Crippen molar-refractivity contribution < 1.29 is 4.74 Å². The summed E-state index contributed by atoms with van der Waals surface area (Å²) in [6, 6.07) is 12.5. The van der Waals surface area contributed by atoms with Gasteiger partial charge in [0.15, 0.2) is 0 Å². The molecule has 0 aromatic heterocycles. The van der Waals surface area contributed by atoms with E-state index in [2.05, 4.69) is 24.0 Å². The largest absolute Gasteiger partial charge is 0.496 e. The molecule has 0 aliphatic carbocycles. The van der Waals surface area contributed by atoms with Gasteiger partial charge >= 0.3 is 0 Å². The number of rotatable bonds is 4. The van der Waals surface area contributed by atoms with Crippen LogP contribution < -0.4 is 10.5 Å². The van der Waals surface area contributed by atoms with Crippen LogP contribution in [0.25, 0.3) is 0 Å². The van der Waals surface area contributed by atoms with Crippen LogP contribution in [0.5, 0.6) is 5.75 Å². The molecule has 1 atom stereocenters. The zero-order valence-corrected chi connectivity index (χ0v) is 13.7. The molecule has 0 fully saturated rings. The molecule has 0 spiro atoms. The highest BCUT2D eigenvalue weighted by Crippen LogP contribution is 2.38. The summed E-state index contributed by atoms with van der Waals surface area (Å²) in [5, 5.41) is 0.827. The molecule has 1 aliphatic rings. The number of para-hydroxylation sites is 1. The zero-order valence-electron chi connectivity index (χ0n) is 13.0. The lowest BCUT2D eigenvalue weighted by molar-refractivity contribution is 0.208.